The van der Waals surface area contributed by atoms with Gasteiger partial charge in [-0.3, -0.25) is 9.78 Å². The predicted octanol–water partition coefficient (Wildman–Crippen LogP) is 4.85. The Kier molecular flexibility index (Phi) is 5.89. The summed E-state index contributed by atoms with van der Waals surface area (Å²) in [5.41, 5.74) is 3.84. The number of allylic oxidation sites excluding steroid dienone is 1. The first-order valence-electron chi connectivity index (χ1n) is 9.69. The van der Waals surface area contributed by atoms with Crippen LogP contribution in [0.5, 0.6) is 11.5 Å². The lowest BCUT2D eigenvalue weighted by molar-refractivity contribution is 0.104. The SMILES string of the molecule is COc1ccc(OC)c(C(=O)/C=C/c2cn(-c3ccccc3)nc2-c2ccncc2)c1. The summed E-state index contributed by atoms with van der Waals surface area (Å²) < 4.78 is 12.4. The van der Waals surface area contributed by atoms with Crippen LogP contribution in [0, 0.1) is 0 Å². The number of benzene rings is 2. The summed E-state index contributed by atoms with van der Waals surface area (Å²) in [6.07, 6.45) is 8.63. The van der Waals surface area contributed by atoms with Gasteiger partial charge in [-0.2, -0.15) is 5.10 Å². The molecule has 0 aliphatic carbocycles. The maximum Gasteiger partial charge on any atom is 0.189 e. The molecule has 0 radical (unpaired) electrons. The highest BCUT2D eigenvalue weighted by atomic mass is 16.5. The molecule has 31 heavy (non-hydrogen) atoms. The van der Waals surface area contributed by atoms with E-state index in [1.165, 1.54) is 13.2 Å². The van der Waals surface area contributed by atoms with E-state index in [1.54, 1.807) is 48.5 Å². The fraction of sp³-hybridized carbons (Fsp3) is 0.0800. The summed E-state index contributed by atoms with van der Waals surface area (Å²) in [7, 11) is 3.10. The fourth-order valence-corrected chi connectivity index (χ4v) is 3.22. The molecule has 2 aromatic heterocycles. The van der Waals surface area contributed by atoms with Crippen molar-refractivity contribution in [1.82, 2.24) is 14.8 Å². The molecule has 0 saturated carbocycles. The summed E-state index contributed by atoms with van der Waals surface area (Å²) in [5.74, 6) is 0.889. The number of methoxy groups -OCH3 is 2. The molecule has 6 heteroatoms. The first-order valence-corrected chi connectivity index (χ1v) is 9.69. The molecule has 0 aliphatic heterocycles. The molecular formula is C25H21N3O3. The Morgan fingerprint density at radius 3 is 2.45 bits per heavy atom. The molecule has 0 spiro atoms. The van der Waals surface area contributed by atoms with Crippen molar-refractivity contribution in [3.63, 3.8) is 0 Å². The summed E-state index contributed by atoms with van der Waals surface area (Å²) in [6.45, 7) is 0. The Bertz CT molecular complexity index is 1220. The number of hydrogen-bond acceptors (Lipinski definition) is 5. The Balaban J connectivity index is 1.73. The predicted molar refractivity (Wildman–Crippen MR) is 120 cm³/mol. The van der Waals surface area contributed by atoms with E-state index in [4.69, 9.17) is 14.6 Å². The highest BCUT2D eigenvalue weighted by molar-refractivity contribution is 6.09. The monoisotopic (exact) mass is 411 g/mol. The number of aromatic nitrogens is 3. The maximum absolute atomic E-state index is 12.9. The molecule has 0 atom stereocenters. The molecule has 154 valence electrons. The van der Waals surface area contributed by atoms with Gasteiger partial charge in [0.25, 0.3) is 0 Å². The number of ketones is 1. The molecule has 0 bridgehead atoms. The Labute approximate surface area is 180 Å². The van der Waals surface area contributed by atoms with Crippen molar-refractivity contribution >= 4 is 11.9 Å². The van der Waals surface area contributed by atoms with E-state index in [-0.39, 0.29) is 5.78 Å². The second kappa shape index (κ2) is 9.09. The van der Waals surface area contributed by atoms with E-state index in [9.17, 15) is 4.79 Å². The lowest BCUT2D eigenvalue weighted by atomic mass is 10.1. The third kappa shape index (κ3) is 4.38. The minimum Gasteiger partial charge on any atom is -0.497 e. The van der Waals surface area contributed by atoms with Crippen LogP contribution in [0.2, 0.25) is 0 Å². The first-order chi connectivity index (χ1) is 15.2. The van der Waals surface area contributed by atoms with Gasteiger partial charge in [-0.25, -0.2) is 4.68 Å². The molecule has 0 amide bonds. The van der Waals surface area contributed by atoms with Crippen molar-refractivity contribution in [2.75, 3.05) is 14.2 Å². The van der Waals surface area contributed by atoms with E-state index < -0.39 is 0 Å². The fourth-order valence-electron chi connectivity index (χ4n) is 3.22. The molecule has 0 N–H and O–H groups in total. The van der Waals surface area contributed by atoms with E-state index in [0.29, 0.717) is 17.1 Å². The summed E-state index contributed by atoms with van der Waals surface area (Å²) in [6, 6.07) is 18.7. The van der Waals surface area contributed by atoms with Gasteiger partial charge >= 0.3 is 0 Å². The highest BCUT2D eigenvalue weighted by Gasteiger charge is 2.14. The van der Waals surface area contributed by atoms with Gasteiger partial charge in [0.2, 0.25) is 0 Å². The third-order valence-electron chi connectivity index (χ3n) is 4.80. The van der Waals surface area contributed by atoms with Gasteiger partial charge in [-0.1, -0.05) is 18.2 Å². The smallest absolute Gasteiger partial charge is 0.189 e. The zero-order valence-corrected chi connectivity index (χ0v) is 17.2. The minimum absolute atomic E-state index is 0.191. The third-order valence-corrected chi connectivity index (χ3v) is 4.80. The number of para-hydroxylation sites is 1. The molecule has 0 aliphatic rings. The van der Waals surface area contributed by atoms with Crippen LogP contribution in [0.3, 0.4) is 0 Å². The van der Waals surface area contributed by atoms with E-state index >= 15 is 0 Å². The average Bonchev–Trinajstić information content (AvgIpc) is 3.27. The van der Waals surface area contributed by atoms with Gasteiger partial charge in [0.15, 0.2) is 5.78 Å². The molecule has 0 saturated heterocycles. The van der Waals surface area contributed by atoms with Gasteiger partial charge in [-0.15, -0.1) is 0 Å². The Hall–Kier alpha value is -4.19. The molecule has 4 aromatic rings. The van der Waals surface area contributed by atoms with Crippen LogP contribution in [0.4, 0.5) is 0 Å². The lowest BCUT2D eigenvalue weighted by Gasteiger charge is -2.07. The van der Waals surface area contributed by atoms with Crippen LogP contribution in [0.15, 0.2) is 85.3 Å². The molecule has 0 fully saturated rings. The van der Waals surface area contributed by atoms with Crippen LogP contribution in [-0.2, 0) is 0 Å². The molecule has 2 heterocycles. The van der Waals surface area contributed by atoms with Crippen LogP contribution in [-0.4, -0.2) is 34.8 Å². The average molecular weight is 411 g/mol. The molecule has 0 unspecified atom stereocenters. The van der Waals surface area contributed by atoms with Gasteiger partial charge < -0.3 is 9.47 Å². The van der Waals surface area contributed by atoms with Crippen molar-refractivity contribution in [2.45, 2.75) is 0 Å². The van der Waals surface area contributed by atoms with Crippen molar-refractivity contribution in [2.24, 2.45) is 0 Å². The van der Waals surface area contributed by atoms with Crippen LogP contribution < -0.4 is 9.47 Å². The van der Waals surface area contributed by atoms with Crippen LogP contribution in [0.25, 0.3) is 23.0 Å². The van der Waals surface area contributed by atoms with E-state index in [2.05, 4.69) is 4.98 Å². The zero-order chi connectivity index (χ0) is 21.6. The lowest BCUT2D eigenvalue weighted by Crippen LogP contribution is -1.99. The summed E-state index contributed by atoms with van der Waals surface area (Å²) >= 11 is 0. The van der Waals surface area contributed by atoms with Crippen LogP contribution in [0.1, 0.15) is 15.9 Å². The summed E-state index contributed by atoms with van der Waals surface area (Å²) in [4.78, 5) is 17.0. The quantitative estimate of drug-likeness (QED) is 0.321. The number of carbonyl (C=O) groups excluding carboxylic acids is 1. The standard InChI is InChI=1S/C25H21N3O3/c1-30-21-9-11-24(31-2)22(16-21)23(29)10-8-19-17-28(20-6-4-3-5-7-20)27-25(19)18-12-14-26-15-13-18/h3-17H,1-2H3/b10-8+. The molecule has 4 rings (SSSR count). The number of carbonyl (C=O) groups is 1. The van der Waals surface area contributed by atoms with Crippen LogP contribution >= 0.6 is 0 Å². The van der Waals surface area contributed by atoms with Crippen molar-refractivity contribution < 1.29 is 14.3 Å². The van der Waals surface area contributed by atoms with Gasteiger partial charge in [-0.05, 0) is 54.6 Å². The highest BCUT2D eigenvalue weighted by Crippen LogP contribution is 2.27. The Morgan fingerprint density at radius 1 is 0.968 bits per heavy atom. The second-order valence-electron chi connectivity index (χ2n) is 6.71. The minimum atomic E-state index is -0.191. The van der Waals surface area contributed by atoms with Gasteiger partial charge in [0, 0.05) is 29.7 Å². The number of rotatable bonds is 7. The first kappa shape index (κ1) is 20.1. The Morgan fingerprint density at radius 2 is 1.74 bits per heavy atom. The zero-order valence-electron chi connectivity index (χ0n) is 17.2. The normalized spacial score (nSPS) is 10.9. The number of hydrogen-bond donors (Lipinski definition) is 0. The number of pyridine rings is 1. The topological polar surface area (TPSA) is 66.2 Å². The number of nitrogens with zero attached hydrogens (tertiary/aromatic N) is 3. The maximum atomic E-state index is 12.9. The largest absolute Gasteiger partial charge is 0.497 e. The van der Waals surface area contributed by atoms with Crippen molar-refractivity contribution in [3.8, 4) is 28.4 Å². The van der Waals surface area contributed by atoms with Crippen molar-refractivity contribution in [1.29, 1.82) is 0 Å². The van der Waals surface area contributed by atoms with Crippen molar-refractivity contribution in [3.05, 3.63) is 96.5 Å². The van der Waals surface area contributed by atoms with E-state index in [0.717, 1.165) is 22.5 Å². The van der Waals surface area contributed by atoms with Gasteiger partial charge in [0.1, 0.15) is 17.2 Å². The molecular weight excluding hydrogens is 390 g/mol. The second-order valence-corrected chi connectivity index (χ2v) is 6.71. The number of ether oxygens (including phenoxy) is 2. The van der Waals surface area contributed by atoms with E-state index in [1.807, 2.05) is 48.7 Å². The summed E-state index contributed by atoms with van der Waals surface area (Å²) in [5, 5.41) is 4.74. The molecule has 2 aromatic carbocycles. The molecule has 6 nitrogen and oxygen atoms in total. The van der Waals surface area contributed by atoms with Gasteiger partial charge in [0.05, 0.1) is 25.5 Å².